The standard InChI is InChI=1S/C12H10N2O2/c1-8-6-13-11(15)9-4-2-3-5-10(9)12(16)14(13)7-8/h2-6H,7H2,1H3. The molecule has 0 saturated heterocycles. The van der Waals surface area contributed by atoms with Gasteiger partial charge in [0.25, 0.3) is 11.1 Å². The molecule has 0 bridgehead atoms. The van der Waals surface area contributed by atoms with E-state index in [1.54, 1.807) is 30.5 Å². The molecule has 0 unspecified atom stereocenters. The molecule has 2 heterocycles. The van der Waals surface area contributed by atoms with Gasteiger partial charge in [0, 0.05) is 6.20 Å². The van der Waals surface area contributed by atoms with E-state index < -0.39 is 0 Å². The van der Waals surface area contributed by atoms with Gasteiger partial charge in [-0.3, -0.25) is 9.59 Å². The van der Waals surface area contributed by atoms with E-state index in [9.17, 15) is 9.59 Å². The molecule has 3 rings (SSSR count). The van der Waals surface area contributed by atoms with Crippen molar-refractivity contribution in [2.45, 2.75) is 13.5 Å². The highest BCUT2D eigenvalue weighted by Crippen LogP contribution is 2.10. The summed E-state index contributed by atoms with van der Waals surface area (Å²) in [5, 5.41) is 0.974. The zero-order valence-corrected chi connectivity index (χ0v) is 8.80. The maximum atomic E-state index is 12.1. The second kappa shape index (κ2) is 2.95. The summed E-state index contributed by atoms with van der Waals surface area (Å²) in [6, 6.07) is 6.93. The SMILES string of the molecule is CC1=Cn2c(=O)c3ccccc3c(=O)n2C1. The van der Waals surface area contributed by atoms with Gasteiger partial charge in [0.1, 0.15) is 0 Å². The molecule has 0 aliphatic carbocycles. The molecule has 0 N–H and O–H groups in total. The van der Waals surface area contributed by atoms with Gasteiger partial charge >= 0.3 is 0 Å². The minimum Gasteiger partial charge on any atom is -0.267 e. The lowest BCUT2D eigenvalue weighted by molar-refractivity contribution is 0.606. The smallest absolute Gasteiger partial charge is 0.267 e. The highest BCUT2D eigenvalue weighted by Gasteiger charge is 2.15. The van der Waals surface area contributed by atoms with E-state index in [0.29, 0.717) is 17.3 Å². The second-order valence-corrected chi connectivity index (χ2v) is 4.03. The minimum absolute atomic E-state index is 0.108. The Morgan fingerprint density at radius 2 is 1.69 bits per heavy atom. The maximum Gasteiger partial charge on any atom is 0.277 e. The largest absolute Gasteiger partial charge is 0.277 e. The summed E-state index contributed by atoms with van der Waals surface area (Å²) in [7, 11) is 0. The van der Waals surface area contributed by atoms with Crippen LogP contribution in [0.2, 0.25) is 0 Å². The van der Waals surface area contributed by atoms with Crippen molar-refractivity contribution in [2.75, 3.05) is 0 Å². The molecule has 1 aromatic heterocycles. The molecule has 0 saturated carbocycles. The number of rotatable bonds is 0. The van der Waals surface area contributed by atoms with Crippen molar-refractivity contribution in [3.63, 3.8) is 0 Å². The molecule has 1 aromatic carbocycles. The van der Waals surface area contributed by atoms with Gasteiger partial charge in [-0.15, -0.1) is 0 Å². The van der Waals surface area contributed by atoms with Crippen LogP contribution in [-0.2, 0) is 6.54 Å². The van der Waals surface area contributed by atoms with Crippen LogP contribution in [0.3, 0.4) is 0 Å². The Kier molecular flexibility index (Phi) is 1.68. The molecule has 1 aliphatic heterocycles. The van der Waals surface area contributed by atoms with E-state index in [0.717, 1.165) is 5.57 Å². The molecule has 80 valence electrons. The summed E-state index contributed by atoms with van der Waals surface area (Å²) in [4.78, 5) is 24.2. The van der Waals surface area contributed by atoms with Crippen LogP contribution in [0.1, 0.15) is 6.92 Å². The number of fused-ring (bicyclic) bond motifs is 2. The Balaban J connectivity index is 2.59. The fourth-order valence-electron chi connectivity index (χ4n) is 2.09. The molecule has 0 radical (unpaired) electrons. The lowest BCUT2D eigenvalue weighted by Crippen LogP contribution is -2.33. The molecule has 4 nitrogen and oxygen atoms in total. The number of nitrogens with zero attached hydrogens (tertiary/aromatic N) is 2. The summed E-state index contributed by atoms with van der Waals surface area (Å²) in [5.41, 5.74) is 0.768. The van der Waals surface area contributed by atoms with Gasteiger partial charge in [-0.05, 0) is 24.6 Å². The fourth-order valence-corrected chi connectivity index (χ4v) is 2.09. The fraction of sp³-hybridized carbons (Fsp3) is 0.167. The topological polar surface area (TPSA) is 44.0 Å². The number of allylic oxidation sites excluding steroid dienone is 1. The van der Waals surface area contributed by atoms with E-state index in [4.69, 9.17) is 0 Å². The molecule has 2 aromatic rings. The Labute approximate surface area is 91.0 Å². The average molecular weight is 214 g/mol. The molecule has 0 atom stereocenters. The summed E-state index contributed by atoms with van der Waals surface area (Å²) in [6.45, 7) is 2.41. The maximum absolute atomic E-state index is 12.1. The first-order valence-corrected chi connectivity index (χ1v) is 5.10. The van der Waals surface area contributed by atoms with E-state index in [1.165, 1.54) is 9.36 Å². The predicted molar refractivity (Wildman–Crippen MR) is 62.4 cm³/mol. The van der Waals surface area contributed by atoms with Gasteiger partial charge in [-0.2, -0.15) is 0 Å². The molecule has 1 aliphatic rings. The van der Waals surface area contributed by atoms with Crippen molar-refractivity contribution in [2.24, 2.45) is 0 Å². The number of hydrogen-bond acceptors (Lipinski definition) is 2. The van der Waals surface area contributed by atoms with Crippen LogP contribution >= 0.6 is 0 Å². The van der Waals surface area contributed by atoms with Crippen LogP contribution in [0, 0.1) is 0 Å². The highest BCUT2D eigenvalue weighted by atomic mass is 16.2. The Morgan fingerprint density at radius 3 is 2.38 bits per heavy atom. The third-order valence-corrected chi connectivity index (χ3v) is 2.83. The van der Waals surface area contributed by atoms with Gasteiger partial charge in [0.2, 0.25) is 0 Å². The molecule has 0 spiro atoms. The van der Waals surface area contributed by atoms with E-state index in [2.05, 4.69) is 0 Å². The van der Waals surface area contributed by atoms with Crippen LogP contribution in [0.15, 0.2) is 39.4 Å². The molecule has 0 amide bonds. The van der Waals surface area contributed by atoms with Crippen molar-refractivity contribution in [3.05, 3.63) is 50.5 Å². The van der Waals surface area contributed by atoms with E-state index in [-0.39, 0.29) is 11.1 Å². The number of hydrogen-bond donors (Lipinski definition) is 0. The first-order chi connectivity index (χ1) is 7.68. The first-order valence-electron chi connectivity index (χ1n) is 5.10. The third kappa shape index (κ3) is 1.04. The van der Waals surface area contributed by atoms with E-state index >= 15 is 0 Å². The molecule has 16 heavy (non-hydrogen) atoms. The highest BCUT2D eigenvalue weighted by molar-refractivity contribution is 5.80. The van der Waals surface area contributed by atoms with Gasteiger partial charge in [-0.25, -0.2) is 9.36 Å². The van der Waals surface area contributed by atoms with Crippen LogP contribution in [0.25, 0.3) is 17.0 Å². The predicted octanol–water partition coefficient (Wildman–Crippen LogP) is 1.04. The van der Waals surface area contributed by atoms with Crippen LogP contribution in [-0.4, -0.2) is 9.36 Å². The number of aromatic nitrogens is 2. The quantitative estimate of drug-likeness (QED) is 0.657. The second-order valence-electron chi connectivity index (χ2n) is 4.03. The lowest BCUT2D eigenvalue weighted by Gasteiger charge is -2.06. The molecular weight excluding hydrogens is 204 g/mol. The van der Waals surface area contributed by atoms with Gasteiger partial charge in [-0.1, -0.05) is 12.1 Å². The van der Waals surface area contributed by atoms with Gasteiger partial charge in [0.05, 0.1) is 17.3 Å². The summed E-state index contributed by atoms with van der Waals surface area (Å²) in [5.74, 6) is 0. The Bertz CT molecular complexity index is 735. The van der Waals surface area contributed by atoms with Crippen molar-refractivity contribution in [3.8, 4) is 0 Å². The average Bonchev–Trinajstić information content (AvgIpc) is 2.68. The van der Waals surface area contributed by atoms with E-state index in [1.807, 2.05) is 6.92 Å². The summed E-state index contributed by atoms with van der Waals surface area (Å²) in [6.07, 6.45) is 1.72. The number of benzene rings is 1. The van der Waals surface area contributed by atoms with Crippen LogP contribution in [0.5, 0.6) is 0 Å². The molecule has 4 heteroatoms. The molecule has 0 fully saturated rings. The Morgan fingerprint density at radius 1 is 1.06 bits per heavy atom. The van der Waals surface area contributed by atoms with Gasteiger partial charge < -0.3 is 0 Å². The first kappa shape index (κ1) is 9.15. The third-order valence-electron chi connectivity index (χ3n) is 2.83. The monoisotopic (exact) mass is 214 g/mol. The van der Waals surface area contributed by atoms with Gasteiger partial charge in [0.15, 0.2) is 0 Å². The normalized spacial score (nSPS) is 13.9. The Hall–Kier alpha value is -2.10. The van der Waals surface area contributed by atoms with Crippen LogP contribution in [0.4, 0.5) is 0 Å². The lowest BCUT2D eigenvalue weighted by atomic mass is 10.2. The molecular formula is C12H10N2O2. The van der Waals surface area contributed by atoms with Crippen molar-refractivity contribution in [1.29, 1.82) is 0 Å². The minimum atomic E-state index is -0.132. The van der Waals surface area contributed by atoms with Crippen LogP contribution < -0.4 is 11.1 Å². The zero-order chi connectivity index (χ0) is 11.3. The summed E-state index contributed by atoms with van der Waals surface area (Å²) < 4.78 is 2.88. The zero-order valence-electron chi connectivity index (χ0n) is 8.80. The van der Waals surface area contributed by atoms with Crippen molar-refractivity contribution < 1.29 is 0 Å². The van der Waals surface area contributed by atoms with Crippen molar-refractivity contribution in [1.82, 2.24) is 9.36 Å². The van der Waals surface area contributed by atoms with Crippen molar-refractivity contribution >= 4 is 17.0 Å². The summed E-state index contributed by atoms with van der Waals surface area (Å²) >= 11 is 0.